The number of para-hydroxylation sites is 1. The molecule has 104 valence electrons. The number of carbonyl (C=O) groups excluding carboxylic acids is 1. The molecular weight excluding hydrogens is 262 g/mol. The molecule has 1 aliphatic heterocycles. The van der Waals surface area contributed by atoms with E-state index in [0.29, 0.717) is 6.61 Å². The van der Waals surface area contributed by atoms with E-state index in [1.54, 1.807) is 11.8 Å². The smallest absolute Gasteiger partial charge is 0.408 e. The average molecular weight is 281 g/mol. The monoisotopic (exact) mass is 281 g/mol. The molecule has 2 rings (SSSR count). The fraction of sp³-hybridized carbons (Fsp3) is 0.500. The molecule has 1 aliphatic rings. The highest BCUT2D eigenvalue weighted by atomic mass is 32.2. The first-order valence-corrected chi connectivity index (χ1v) is 7.27. The third-order valence-electron chi connectivity index (χ3n) is 2.45. The number of ether oxygens (including phenoxy) is 2. The topological polar surface area (TPSA) is 47.6 Å². The molecule has 5 heteroatoms. The molecule has 1 N–H and O–H groups in total. The summed E-state index contributed by atoms with van der Waals surface area (Å²) in [7, 11) is 0. The number of carbonyl (C=O) groups is 1. The van der Waals surface area contributed by atoms with Gasteiger partial charge < -0.3 is 14.8 Å². The highest BCUT2D eigenvalue weighted by Crippen LogP contribution is 2.31. The van der Waals surface area contributed by atoms with Crippen LogP contribution in [0.5, 0.6) is 5.75 Å². The minimum atomic E-state index is -0.480. The second-order valence-electron chi connectivity index (χ2n) is 5.41. The Bertz CT molecular complexity index is 429. The van der Waals surface area contributed by atoms with Crippen LogP contribution in [0, 0.1) is 0 Å². The Balaban J connectivity index is 1.90. The molecule has 0 bridgehead atoms. The van der Waals surface area contributed by atoms with Crippen molar-refractivity contribution in [3.8, 4) is 5.75 Å². The molecule has 0 saturated carbocycles. The number of hydrogen-bond donors (Lipinski definition) is 1. The van der Waals surface area contributed by atoms with Gasteiger partial charge in [0, 0.05) is 10.6 Å². The van der Waals surface area contributed by atoms with E-state index in [0.717, 1.165) is 16.4 Å². The average Bonchev–Trinajstić information content (AvgIpc) is 2.50. The molecule has 4 nitrogen and oxygen atoms in total. The molecule has 0 aromatic heterocycles. The van der Waals surface area contributed by atoms with Crippen LogP contribution < -0.4 is 10.1 Å². The molecule has 0 saturated heterocycles. The third-order valence-corrected chi connectivity index (χ3v) is 3.67. The van der Waals surface area contributed by atoms with Crippen LogP contribution in [0.4, 0.5) is 4.79 Å². The van der Waals surface area contributed by atoms with E-state index >= 15 is 0 Å². The Morgan fingerprint density at radius 1 is 1.42 bits per heavy atom. The lowest BCUT2D eigenvalue weighted by atomic mass is 10.2. The van der Waals surface area contributed by atoms with E-state index in [1.165, 1.54) is 0 Å². The van der Waals surface area contributed by atoms with Gasteiger partial charge in [-0.15, -0.1) is 11.8 Å². The molecule has 1 amide bonds. The largest absolute Gasteiger partial charge is 0.490 e. The van der Waals surface area contributed by atoms with Crippen molar-refractivity contribution in [3.05, 3.63) is 24.3 Å². The molecule has 0 unspecified atom stereocenters. The van der Waals surface area contributed by atoms with Gasteiger partial charge in [-0.3, -0.25) is 0 Å². The summed E-state index contributed by atoms with van der Waals surface area (Å²) in [5.41, 5.74) is -0.480. The number of nitrogens with one attached hydrogen (secondary N) is 1. The van der Waals surface area contributed by atoms with Gasteiger partial charge in [0.25, 0.3) is 0 Å². The molecular formula is C14H19NO3S. The summed E-state index contributed by atoms with van der Waals surface area (Å²) in [5.74, 6) is 1.65. The first-order valence-electron chi connectivity index (χ1n) is 6.28. The van der Waals surface area contributed by atoms with Gasteiger partial charge >= 0.3 is 6.09 Å². The summed E-state index contributed by atoms with van der Waals surface area (Å²) in [6.07, 6.45) is -0.396. The SMILES string of the molecule is CC(C)(C)OC(=O)N[C@@H]1COc2ccccc2SC1. The quantitative estimate of drug-likeness (QED) is 0.859. The highest BCUT2D eigenvalue weighted by molar-refractivity contribution is 7.99. The molecule has 0 aliphatic carbocycles. The van der Waals surface area contributed by atoms with E-state index in [1.807, 2.05) is 45.0 Å². The van der Waals surface area contributed by atoms with Crippen LogP contribution in [0.25, 0.3) is 0 Å². The fourth-order valence-electron chi connectivity index (χ4n) is 1.68. The van der Waals surface area contributed by atoms with E-state index < -0.39 is 11.7 Å². The van der Waals surface area contributed by atoms with Gasteiger partial charge in [0.05, 0.1) is 6.04 Å². The summed E-state index contributed by atoms with van der Waals surface area (Å²) in [6, 6.07) is 7.85. The number of alkyl carbamates (subject to hydrolysis) is 1. The van der Waals surface area contributed by atoms with Gasteiger partial charge in [0.1, 0.15) is 18.0 Å². The summed E-state index contributed by atoms with van der Waals surface area (Å²) in [6.45, 7) is 6.01. The van der Waals surface area contributed by atoms with Crippen LogP contribution in [0.15, 0.2) is 29.2 Å². The first kappa shape index (κ1) is 14.1. The zero-order valence-corrected chi connectivity index (χ0v) is 12.3. The predicted octanol–water partition coefficient (Wildman–Crippen LogP) is 3.06. The summed E-state index contributed by atoms with van der Waals surface area (Å²) in [5, 5.41) is 2.84. The van der Waals surface area contributed by atoms with E-state index in [-0.39, 0.29) is 6.04 Å². The lowest BCUT2D eigenvalue weighted by molar-refractivity contribution is 0.0495. The maximum absolute atomic E-state index is 11.7. The standard InChI is InChI=1S/C14H19NO3S/c1-14(2,3)18-13(16)15-10-8-17-11-6-4-5-7-12(11)19-9-10/h4-7,10H,8-9H2,1-3H3,(H,15,16)/t10-/m1/s1. The van der Waals surface area contributed by atoms with Crippen molar-refractivity contribution in [2.24, 2.45) is 0 Å². The Morgan fingerprint density at radius 2 is 2.16 bits per heavy atom. The van der Waals surface area contributed by atoms with Crippen molar-refractivity contribution in [3.63, 3.8) is 0 Å². The highest BCUT2D eigenvalue weighted by Gasteiger charge is 2.22. The Hall–Kier alpha value is -1.36. The zero-order chi connectivity index (χ0) is 13.9. The van der Waals surface area contributed by atoms with Gasteiger partial charge in [-0.2, -0.15) is 0 Å². The van der Waals surface area contributed by atoms with Crippen LogP contribution in [-0.2, 0) is 4.74 Å². The third kappa shape index (κ3) is 4.35. The molecule has 1 aromatic rings. The van der Waals surface area contributed by atoms with E-state index in [4.69, 9.17) is 9.47 Å². The minimum Gasteiger partial charge on any atom is -0.490 e. The van der Waals surface area contributed by atoms with Crippen LogP contribution in [-0.4, -0.2) is 30.1 Å². The zero-order valence-electron chi connectivity index (χ0n) is 11.4. The van der Waals surface area contributed by atoms with E-state index in [2.05, 4.69) is 5.32 Å². The van der Waals surface area contributed by atoms with Crippen LogP contribution in [0.3, 0.4) is 0 Å². The Morgan fingerprint density at radius 3 is 2.89 bits per heavy atom. The number of amides is 1. The Kier molecular flexibility index (Phi) is 4.24. The number of benzene rings is 1. The molecule has 1 atom stereocenters. The lowest BCUT2D eigenvalue weighted by Crippen LogP contribution is -2.43. The van der Waals surface area contributed by atoms with E-state index in [9.17, 15) is 4.79 Å². The van der Waals surface area contributed by atoms with Crippen molar-refractivity contribution < 1.29 is 14.3 Å². The molecule has 0 spiro atoms. The van der Waals surface area contributed by atoms with Gasteiger partial charge in [-0.1, -0.05) is 12.1 Å². The normalized spacial score (nSPS) is 18.8. The minimum absolute atomic E-state index is 0.0488. The first-order chi connectivity index (χ1) is 8.94. The van der Waals surface area contributed by atoms with Gasteiger partial charge in [0.2, 0.25) is 0 Å². The number of rotatable bonds is 1. The molecule has 1 aromatic carbocycles. The van der Waals surface area contributed by atoms with Gasteiger partial charge in [-0.25, -0.2) is 4.79 Å². The maximum Gasteiger partial charge on any atom is 0.408 e. The Labute approximate surface area is 117 Å². The van der Waals surface area contributed by atoms with Crippen LogP contribution in [0.2, 0.25) is 0 Å². The fourth-order valence-corrected chi connectivity index (χ4v) is 2.68. The maximum atomic E-state index is 11.7. The molecule has 1 heterocycles. The molecule has 19 heavy (non-hydrogen) atoms. The lowest BCUT2D eigenvalue weighted by Gasteiger charge is -2.22. The predicted molar refractivity (Wildman–Crippen MR) is 75.8 cm³/mol. The summed E-state index contributed by atoms with van der Waals surface area (Å²) in [4.78, 5) is 12.8. The van der Waals surface area contributed by atoms with Gasteiger partial charge in [-0.05, 0) is 32.9 Å². The molecule has 0 fully saturated rings. The second kappa shape index (κ2) is 5.74. The van der Waals surface area contributed by atoms with Crippen molar-refractivity contribution >= 4 is 17.9 Å². The van der Waals surface area contributed by atoms with Crippen molar-refractivity contribution in [1.29, 1.82) is 0 Å². The van der Waals surface area contributed by atoms with Crippen molar-refractivity contribution in [1.82, 2.24) is 5.32 Å². The molecule has 0 radical (unpaired) electrons. The number of fused-ring (bicyclic) bond motifs is 1. The second-order valence-corrected chi connectivity index (χ2v) is 6.47. The number of thioether (sulfide) groups is 1. The van der Waals surface area contributed by atoms with Crippen LogP contribution >= 0.6 is 11.8 Å². The van der Waals surface area contributed by atoms with Crippen molar-refractivity contribution in [2.75, 3.05) is 12.4 Å². The van der Waals surface area contributed by atoms with Crippen molar-refractivity contribution in [2.45, 2.75) is 37.3 Å². The number of hydrogen-bond acceptors (Lipinski definition) is 4. The summed E-state index contributed by atoms with van der Waals surface area (Å²) >= 11 is 1.68. The van der Waals surface area contributed by atoms with Gasteiger partial charge in [0.15, 0.2) is 0 Å². The van der Waals surface area contributed by atoms with Crippen LogP contribution in [0.1, 0.15) is 20.8 Å². The summed E-state index contributed by atoms with van der Waals surface area (Å²) < 4.78 is 10.9.